The molecule has 1 fully saturated rings. The van der Waals surface area contributed by atoms with E-state index in [-0.39, 0.29) is 24.6 Å². The summed E-state index contributed by atoms with van der Waals surface area (Å²) in [5.41, 5.74) is 5.46. The van der Waals surface area contributed by atoms with Gasteiger partial charge in [0.15, 0.2) is 0 Å². The maximum atomic E-state index is 8.63. The fourth-order valence-electron chi connectivity index (χ4n) is 1.85. The van der Waals surface area contributed by atoms with E-state index in [0.717, 1.165) is 25.9 Å². The van der Waals surface area contributed by atoms with Gasteiger partial charge in [-0.05, 0) is 19.8 Å². The van der Waals surface area contributed by atoms with Gasteiger partial charge >= 0.3 is 0 Å². The number of piperidine rings is 1. The third-order valence-electron chi connectivity index (χ3n) is 2.92. The van der Waals surface area contributed by atoms with E-state index in [2.05, 4.69) is 4.90 Å². The first-order valence-electron chi connectivity index (χ1n) is 5.45. The van der Waals surface area contributed by atoms with E-state index < -0.39 is 0 Å². The van der Waals surface area contributed by atoms with Crippen LogP contribution >= 0.6 is 0 Å². The lowest BCUT2D eigenvalue weighted by Crippen LogP contribution is -2.47. The predicted molar refractivity (Wildman–Crippen MR) is 59.0 cm³/mol. The van der Waals surface area contributed by atoms with Crippen molar-refractivity contribution in [2.75, 3.05) is 26.3 Å². The van der Waals surface area contributed by atoms with Crippen LogP contribution in [0, 0.1) is 5.41 Å². The number of aliphatic hydroxyl groups is 1. The molecule has 0 radical (unpaired) electrons. The monoisotopic (exact) mass is 215 g/mol. The quantitative estimate of drug-likeness (QED) is 0.437. The minimum absolute atomic E-state index is 0.0313. The van der Waals surface area contributed by atoms with Crippen molar-refractivity contribution < 1.29 is 9.84 Å². The minimum Gasteiger partial charge on any atom is -0.394 e. The fraction of sp³-hybridized carbons (Fsp3) is 0.900. The highest BCUT2D eigenvalue weighted by Crippen LogP contribution is 2.15. The number of nitrogens with zero attached hydrogens (tertiary/aromatic N) is 1. The Kier molecular flexibility index (Phi) is 5.01. The Morgan fingerprint density at radius 1 is 1.60 bits per heavy atom. The molecule has 0 aliphatic carbocycles. The molecule has 0 amide bonds. The highest BCUT2D eigenvalue weighted by molar-refractivity contribution is 5.82. The molecule has 1 heterocycles. The summed E-state index contributed by atoms with van der Waals surface area (Å²) in [6, 6.07) is 0.0313. The molecule has 5 nitrogen and oxygen atoms in total. The molecular weight excluding hydrogens is 194 g/mol. The Bertz CT molecular complexity index is 203. The van der Waals surface area contributed by atoms with Crippen molar-refractivity contribution in [3.63, 3.8) is 0 Å². The van der Waals surface area contributed by atoms with Gasteiger partial charge in [-0.15, -0.1) is 0 Å². The molecule has 15 heavy (non-hydrogen) atoms. The third kappa shape index (κ3) is 3.77. The lowest BCUT2D eigenvalue weighted by molar-refractivity contribution is -0.00988. The van der Waals surface area contributed by atoms with Gasteiger partial charge in [0.1, 0.15) is 5.84 Å². The summed E-state index contributed by atoms with van der Waals surface area (Å²) in [5, 5.41) is 16.0. The first kappa shape index (κ1) is 12.4. The zero-order valence-electron chi connectivity index (χ0n) is 9.28. The molecule has 0 saturated carbocycles. The molecule has 1 rings (SSSR count). The smallest absolute Gasteiger partial charge is 0.108 e. The number of nitrogens with two attached hydrogens (primary N) is 1. The van der Waals surface area contributed by atoms with Crippen LogP contribution in [-0.4, -0.2) is 54.3 Å². The van der Waals surface area contributed by atoms with E-state index in [0.29, 0.717) is 6.61 Å². The van der Waals surface area contributed by atoms with E-state index in [4.69, 9.17) is 21.0 Å². The molecule has 0 aromatic heterocycles. The predicted octanol–water partition coefficient (Wildman–Crippen LogP) is -0.216. The van der Waals surface area contributed by atoms with Gasteiger partial charge in [-0.2, -0.15) is 0 Å². The van der Waals surface area contributed by atoms with Crippen LogP contribution < -0.4 is 5.73 Å². The van der Waals surface area contributed by atoms with Gasteiger partial charge < -0.3 is 15.6 Å². The van der Waals surface area contributed by atoms with Crippen LogP contribution in [0.15, 0.2) is 0 Å². The maximum Gasteiger partial charge on any atom is 0.108 e. The van der Waals surface area contributed by atoms with Gasteiger partial charge in [0.2, 0.25) is 0 Å². The number of likely N-dealkylation sites (tertiary alicyclic amines) is 1. The van der Waals surface area contributed by atoms with Crippen LogP contribution in [0.2, 0.25) is 0 Å². The van der Waals surface area contributed by atoms with Crippen molar-refractivity contribution in [3.8, 4) is 0 Å². The summed E-state index contributed by atoms with van der Waals surface area (Å²) >= 11 is 0. The number of hydrogen-bond donors (Lipinski definition) is 3. The van der Waals surface area contributed by atoms with Crippen molar-refractivity contribution in [2.45, 2.75) is 31.9 Å². The molecular formula is C10H21N3O2. The molecule has 0 spiro atoms. The molecule has 1 saturated heterocycles. The zero-order valence-corrected chi connectivity index (χ0v) is 9.28. The average Bonchev–Trinajstić information content (AvgIpc) is 2.26. The Morgan fingerprint density at radius 2 is 2.20 bits per heavy atom. The van der Waals surface area contributed by atoms with Crippen LogP contribution in [-0.2, 0) is 4.74 Å². The van der Waals surface area contributed by atoms with E-state index in [1.165, 1.54) is 0 Å². The van der Waals surface area contributed by atoms with Gasteiger partial charge in [0.25, 0.3) is 0 Å². The first-order chi connectivity index (χ1) is 7.15. The van der Waals surface area contributed by atoms with Crippen molar-refractivity contribution >= 4 is 5.84 Å². The number of aliphatic hydroxyl groups excluding tert-OH is 1. The Morgan fingerprint density at radius 3 is 2.67 bits per heavy atom. The average molecular weight is 215 g/mol. The molecule has 1 aliphatic rings. The van der Waals surface area contributed by atoms with E-state index in [1.807, 2.05) is 6.92 Å². The van der Waals surface area contributed by atoms with Gasteiger partial charge in [-0.25, -0.2) is 0 Å². The zero-order chi connectivity index (χ0) is 11.3. The van der Waals surface area contributed by atoms with Crippen molar-refractivity contribution in [3.05, 3.63) is 0 Å². The number of rotatable bonds is 5. The first-order valence-corrected chi connectivity index (χ1v) is 5.45. The number of nitrogens with one attached hydrogen (secondary N) is 1. The minimum atomic E-state index is 0.0313. The van der Waals surface area contributed by atoms with Crippen LogP contribution in [0.5, 0.6) is 0 Å². The molecule has 4 N–H and O–H groups in total. The topological polar surface area (TPSA) is 82.6 Å². The summed E-state index contributed by atoms with van der Waals surface area (Å²) in [6.45, 7) is 4.29. The van der Waals surface area contributed by atoms with Crippen LogP contribution in [0.4, 0.5) is 0 Å². The Balaban J connectivity index is 2.26. The second kappa shape index (κ2) is 6.05. The maximum absolute atomic E-state index is 8.63. The van der Waals surface area contributed by atoms with Crippen molar-refractivity contribution in [1.29, 1.82) is 5.41 Å². The Hall–Kier alpha value is -0.650. The van der Waals surface area contributed by atoms with Crippen LogP contribution in [0.1, 0.15) is 19.8 Å². The van der Waals surface area contributed by atoms with E-state index in [9.17, 15) is 0 Å². The van der Waals surface area contributed by atoms with Crippen molar-refractivity contribution in [2.24, 2.45) is 5.73 Å². The largest absolute Gasteiger partial charge is 0.394 e. The standard InChI is InChI=1S/C10H21N3O2/c1-8(10(11)12)13-4-2-9(3-5-13)15-7-6-14/h8-9,14H,2-7H2,1H3,(H3,11,12). The van der Waals surface area contributed by atoms with Gasteiger partial charge in [0, 0.05) is 13.1 Å². The molecule has 1 aliphatic heterocycles. The normalized spacial score (nSPS) is 21.5. The highest BCUT2D eigenvalue weighted by atomic mass is 16.5. The van der Waals surface area contributed by atoms with Crippen LogP contribution in [0.25, 0.3) is 0 Å². The molecule has 1 atom stereocenters. The summed E-state index contributed by atoms with van der Waals surface area (Å²) in [7, 11) is 0. The number of ether oxygens (including phenoxy) is 1. The number of hydrogen-bond acceptors (Lipinski definition) is 4. The number of amidine groups is 1. The lowest BCUT2D eigenvalue weighted by Gasteiger charge is -2.35. The van der Waals surface area contributed by atoms with Crippen LogP contribution in [0.3, 0.4) is 0 Å². The summed E-state index contributed by atoms with van der Waals surface area (Å²) in [4.78, 5) is 2.20. The molecule has 0 aromatic rings. The third-order valence-corrected chi connectivity index (χ3v) is 2.92. The molecule has 5 heteroatoms. The van der Waals surface area contributed by atoms with E-state index >= 15 is 0 Å². The SMILES string of the molecule is CC(C(=N)N)N1CCC(OCCO)CC1. The lowest BCUT2D eigenvalue weighted by atomic mass is 10.1. The highest BCUT2D eigenvalue weighted by Gasteiger charge is 2.23. The molecule has 0 bridgehead atoms. The molecule has 88 valence electrons. The van der Waals surface area contributed by atoms with Gasteiger partial charge in [-0.3, -0.25) is 10.3 Å². The summed E-state index contributed by atoms with van der Waals surface area (Å²) in [5.74, 6) is 0.227. The summed E-state index contributed by atoms with van der Waals surface area (Å²) < 4.78 is 5.46. The second-order valence-corrected chi connectivity index (χ2v) is 3.96. The molecule has 0 aromatic carbocycles. The van der Waals surface area contributed by atoms with E-state index in [1.54, 1.807) is 0 Å². The fourth-order valence-corrected chi connectivity index (χ4v) is 1.85. The second-order valence-electron chi connectivity index (χ2n) is 3.96. The van der Waals surface area contributed by atoms with Gasteiger partial charge in [-0.1, -0.05) is 0 Å². The molecule has 1 unspecified atom stereocenters. The Labute approximate surface area is 90.7 Å². The summed E-state index contributed by atoms with van der Waals surface area (Å²) in [6.07, 6.45) is 2.17. The van der Waals surface area contributed by atoms with Gasteiger partial charge in [0.05, 0.1) is 25.4 Å². The van der Waals surface area contributed by atoms with Crippen molar-refractivity contribution in [1.82, 2.24) is 4.90 Å².